The molecule has 0 atom stereocenters. The van der Waals surface area contributed by atoms with Crippen LogP contribution in [0.5, 0.6) is 11.6 Å². The van der Waals surface area contributed by atoms with Gasteiger partial charge in [-0.2, -0.15) is 10.1 Å². The quantitative estimate of drug-likeness (QED) is 0.782. The SMILES string of the molecule is Cc1ccccc1Oc1cnnc(Cl)n1. The summed E-state index contributed by atoms with van der Waals surface area (Å²) in [5.41, 5.74) is 1.02. The summed E-state index contributed by atoms with van der Waals surface area (Å²) in [4.78, 5) is 3.88. The van der Waals surface area contributed by atoms with E-state index in [1.54, 1.807) is 0 Å². The van der Waals surface area contributed by atoms with Crippen molar-refractivity contribution < 1.29 is 4.74 Å². The van der Waals surface area contributed by atoms with Gasteiger partial charge in [0.15, 0.2) is 0 Å². The Morgan fingerprint density at radius 2 is 2.07 bits per heavy atom. The molecule has 4 nitrogen and oxygen atoms in total. The van der Waals surface area contributed by atoms with Crippen LogP contribution in [0.4, 0.5) is 0 Å². The van der Waals surface area contributed by atoms with Gasteiger partial charge in [-0.05, 0) is 30.2 Å². The number of para-hydroxylation sites is 1. The van der Waals surface area contributed by atoms with E-state index in [0.717, 1.165) is 11.3 Å². The van der Waals surface area contributed by atoms with Crippen molar-refractivity contribution in [3.8, 4) is 11.6 Å². The molecular weight excluding hydrogens is 214 g/mol. The predicted octanol–water partition coefficient (Wildman–Crippen LogP) is 2.63. The molecule has 1 aromatic carbocycles. The molecule has 0 unspecified atom stereocenters. The van der Waals surface area contributed by atoms with Crippen molar-refractivity contribution in [2.24, 2.45) is 0 Å². The smallest absolute Gasteiger partial charge is 0.246 e. The van der Waals surface area contributed by atoms with Crippen LogP contribution < -0.4 is 4.74 Å². The van der Waals surface area contributed by atoms with Crippen LogP contribution in [0.15, 0.2) is 30.5 Å². The molecule has 0 amide bonds. The number of nitrogens with zero attached hydrogens (tertiary/aromatic N) is 3. The third-order valence-electron chi connectivity index (χ3n) is 1.82. The van der Waals surface area contributed by atoms with Crippen molar-refractivity contribution in [1.29, 1.82) is 0 Å². The molecule has 0 aliphatic heterocycles. The molecule has 15 heavy (non-hydrogen) atoms. The van der Waals surface area contributed by atoms with Gasteiger partial charge in [-0.3, -0.25) is 0 Å². The van der Waals surface area contributed by atoms with E-state index in [1.165, 1.54) is 6.20 Å². The number of aromatic nitrogens is 3. The van der Waals surface area contributed by atoms with Gasteiger partial charge in [0, 0.05) is 0 Å². The molecule has 5 heteroatoms. The van der Waals surface area contributed by atoms with Gasteiger partial charge in [-0.15, -0.1) is 5.10 Å². The van der Waals surface area contributed by atoms with Gasteiger partial charge < -0.3 is 4.74 Å². The van der Waals surface area contributed by atoms with Crippen molar-refractivity contribution in [2.45, 2.75) is 6.92 Å². The van der Waals surface area contributed by atoms with Crippen LogP contribution in [0.25, 0.3) is 0 Å². The van der Waals surface area contributed by atoms with Gasteiger partial charge in [0.2, 0.25) is 11.2 Å². The molecule has 2 rings (SSSR count). The number of benzene rings is 1. The first kappa shape index (κ1) is 9.86. The minimum Gasteiger partial charge on any atom is -0.437 e. The van der Waals surface area contributed by atoms with E-state index in [0.29, 0.717) is 5.88 Å². The summed E-state index contributed by atoms with van der Waals surface area (Å²) >= 11 is 5.59. The molecular formula is C10H8ClN3O. The maximum atomic E-state index is 5.59. The normalized spacial score (nSPS) is 10.0. The van der Waals surface area contributed by atoms with Gasteiger partial charge in [0.05, 0.1) is 0 Å². The van der Waals surface area contributed by atoms with Crippen LogP contribution in [0.3, 0.4) is 0 Å². The number of hydrogen-bond acceptors (Lipinski definition) is 4. The van der Waals surface area contributed by atoms with Crippen molar-refractivity contribution in [2.75, 3.05) is 0 Å². The molecule has 0 bridgehead atoms. The maximum Gasteiger partial charge on any atom is 0.246 e. The van der Waals surface area contributed by atoms with E-state index in [-0.39, 0.29) is 5.28 Å². The Labute approximate surface area is 91.9 Å². The minimum atomic E-state index is 0.0704. The lowest BCUT2D eigenvalue weighted by Crippen LogP contribution is -1.93. The molecule has 0 aliphatic rings. The van der Waals surface area contributed by atoms with E-state index in [1.807, 2.05) is 31.2 Å². The molecule has 0 fully saturated rings. The second-order valence-electron chi connectivity index (χ2n) is 2.93. The first-order valence-corrected chi connectivity index (χ1v) is 4.72. The lowest BCUT2D eigenvalue weighted by molar-refractivity contribution is 0.454. The average Bonchev–Trinajstić information content (AvgIpc) is 2.22. The highest BCUT2D eigenvalue weighted by Crippen LogP contribution is 2.22. The predicted molar refractivity (Wildman–Crippen MR) is 56.1 cm³/mol. The topological polar surface area (TPSA) is 47.9 Å². The third kappa shape index (κ3) is 2.41. The van der Waals surface area contributed by atoms with Gasteiger partial charge in [-0.1, -0.05) is 18.2 Å². The summed E-state index contributed by atoms with van der Waals surface area (Å²) < 4.78 is 5.49. The molecule has 2 aromatic rings. The Bertz CT molecular complexity index is 476. The Morgan fingerprint density at radius 3 is 2.80 bits per heavy atom. The minimum absolute atomic E-state index is 0.0704. The molecule has 0 N–H and O–H groups in total. The molecule has 1 heterocycles. The highest BCUT2D eigenvalue weighted by molar-refractivity contribution is 6.28. The first-order chi connectivity index (χ1) is 7.25. The Hall–Kier alpha value is -1.68. The number of ether oxygens (including phenoxy) is 1. The number of aryl methyl sites for hydroxylation is 1. The highest BCUT2D eigenvalue weighted by atomic mass is 35.5. The van der Waals surface area contributed by atoms with E-state index >= 15 is 0 Å². The largest absolute Gasteiger partial charge is 0.437 e. The van der Waals surface area contributed by atoms with Crippen molar-refractivity contribution in [3.63, 3.8) is 0 Å². The number of rotatable bonds is 2. The van der Waals surface area contributed by atoms with Gasteiger partial charge >= 0.3 is 0 Å². The molecule has 0 saturated carbocycles. The average molecular weight is 222 g/mol. The number of hydrogen-bond donors (Lipinski definition) is 0. The van der Waals surface area contributed by atoms with Crippen LogP contribution in [-0.4, -0.2) is 15.2 Å². The highest BCUT2D eigenvalue weighted by Gasteiger charge is 2.02. The second-order valence-corrected chi connectivity index (χ2v) is 3.27. The summed E-state index contributed by atoms with van der Waals surface area (Å²) in [6.07, 6.45) is 1.42. The second kappa shape index (κ2) is 4.23. The fourth-order valence-corrected chi connectivity index (χ4v) is 1.23. The Morgan fingerprint density at radius 1 is 1.27 bits per heavy atom. The van der Waals surface area contributed by atoms with Crippen LogP contribution >= 0.6 is 11.6 Å². The van der Waals surface area contributed by atoms with Crippen LogP contribution in [0.1, 0.15) is 5.56 Å². The van der Waals surface area contributed by atoms with Crippen molar-refractivity contribution in [3.05, 3.63) is 41.3 Å². The van der Waals surface area contributed by atoms with E-state index in [4.69, 9.17) is 16.3 Å². The number of halogens is 1. The zero-order valence-corrected chi connectivity index (χ0v) is 8.77. The monoisotopic (exact) mass is 221 g/mol. The van der Waals surface area contributed by atoms with Crippen LogP contribution in [-0.2, 0) is 0 Å². The van der Waals surface area contributed by atoms with Crippen molar-refractivity contribution >= 4 is 11.6 Å². The lowest BCUT2D eigenvalue weighted by atomic mass is 10.2. The van der Waals surface area contributed by atoms with Crippen molar-refractivity contribution in [1.82, 2.24) is 15.2 Å². The fraction of sp³-hybridized carbons (Fsp3) is 0.100. The third-order valence-corrected chi connectivity index (χ3v) is 1.98. The lowest BCUT2D eigenvalue weighted by Gasteiger charge is -2.05. The van der Waals surface area contributed by atoms with E-state index in [9.17, 15) is 0 Å². The zero-order chi connectivity index (χ0) is 10.7. The first-order valence-electron chi connectivity index (χ1n) is 4.34. The van der Waals surface area contributed by atoms with Crippen LogP contribution in [0, 0.1) is 6.92 Å². The summed E-state index contributed by atoms with van der Waals surface area (Å²) in [6, 6.07) is 7.63. The van der Waals surface area contributed by atoms with Gasteiger partial charge in [0.1, 0.15) is 11.9 Å². The van der Waals surface area contributed by atoms with Gasteiger partial charge in [0.25, 0.3) is 0 Å². The van der Waals surface area contributed by atoms with E-state index < -0.39 is 0 Å². The zero-order valence-electron chi connectivity index (χ0n) is 8.01. The molecule has 0 spiro atoms. The summed E-state index contributed by atoms with van der Waals surface area (Å²) in [6.45, 7) is 1.95. The molecule has 0 saturated heterocycles. The van der Waals surface area contributed by atoms with E-state index in [2.05, 4.69) is 15.2 Å². The Kier molecular flexibility index (Phi) is 2.78. The fourth-order valence-electron chi connectivity index (χ4n) is 1.10. The molecule has 0 aliphatic carbocycles. The maximum absolute atomic E-state index is 5.59. The molecule has 0 radical (unpaired) electrons. The summed E-state index contributed by atoms with van der Waals surface area (Å²) in [5, 5.41) is 7.24. The van der Waals surface area contributed by atoms with Gasteiger partial charge in [-0.25, -0.2) is 0 Å². The van der Waals surface area contributed by atoms with Crippen LogP contribution in [0.2, 0.25) is 5.28 Å². The Balaban J connectivity index is 2.26. The molecule has 1 aromatic heterocycles. The summed E-state index contributed by atoms with van der Waals surface area (Å²) in [7, 11) is 0. The summed E-state index contributed by atoms with van der Waals surface area (Å²) in [5.74, 6) is 1.07. The molecule has 76 valence electrons. The standard InChI is InChI=1S/C10H8ClN3O/c1-7-4-2-3-5-8(7)15-9-6-12-14-10(11)13-9/h2-6H,1H3.